The summed E-state index contributed by atoms with van der Waals surface area (Å²) in [5, 5.41) is 0. The van der Waals surface area contributed by atoms with Gasteiger partial charge in [0, 0.05) is 11.8 Å². The SMILES string of the molecule is CCC1CC(C)C1=O. The summed E-state index contributed by atoms with van der Waals surface area (Å²) in [6.07, 6.45) is 2.18. The summed E-state index contributed by atoms with van der Waals surface area (Å²) >= 11 is 0. The van der Waals surface area contributed by atoms with Gasteiger partial charge in [-0.05, 0) is 12.8 Å². The molecule has 1 nitrogen and oxygen atoms in total. The van der Waals surface area contributed by atoms with Crippen LogP contribution in [0.4, 0.5) is 0 Å². The van der Waals surface area contributed by atoms with Gasteiger partial charge in [0.25, 0.3) is 0 Å². The van der Waals surface area contributed by atoms with Crippen molar-refractivity contribution in [1.82, 2.24) is 0 Å². The average molecular weight is 112 g/mol. The Morgan fingerprint density at radius 3 is 2.50 bits per heavy atom. The van der Waals surface area contributed by atoms with Crippen LogP contribution in [0.5, 0.6) is 0 Å². The lowest BCUT2D eigenvalue weighted by Gasteiger charge is -2.29. The summed E-state index contributed by atoms with van der Waals surface area (Å²) in [5.74, 6) is 1.28. The summed E-state index contributed by atoms with van der Waals surface area (Å²) in [5.41, 5.74) is 0. The molecule has 0 aromatic rings. The minimum atomic E-state index is 0.375. The van der Waals surface area contributed by atoms with Crippen LogP contribution in [0.2, 0.25) is 0 Å². The van der Waals surface area contributed by atoms with E-state index in [0.717, 1.165) is 12.8 Å². The molecule has 2 unspecified atom stereocenters. The normalized spacial score (nSPS) is 37.0. The average Bonchev–Trinajstić information content (AvgIpc) is 1.81. The minimum absolute atomic E-state index is 0.375. The summed E-state index contributed by atoms with van der Waals surface area (Å²) < 4.78 is 0. The zero-order chi connectivity index (χ0) is 6.15. The van der Waals surface area contributed by atoms with Gasteiger partial charge in [-0.3, -0.25) is 4.79 Å². The van der Waals surface area contributed by atoms with E-state index in [0.29, 0.717) is 17.6 Å². The molecule has 0 aliphatic heterocycles. The van der Waals surface area contributed by atoms with Crippen molar-refractivity contribution in [3.05, 3.63) is 0 Å². The number of ketones is 1. The minimum Gasteiger partial charge on any atom is -0.299 e. The largest absolute Gasteiger partial charge is 0.299 e. The Labute approximate surface area is 50.1 Å². The topological polar surface area (TPSA) is 17.1 Å². The van der Waals surface area contributed by atoms with Crippen LogP contribution in [0.15, 0.2) is 0 Å². The molecule has 0 amide bonds. The summed E-state index contributed by atoms with van der Waals surface area (Å²) in [6.45, 7) is 4.09. The van der Waals surface area contributed by atoms with E-state index in [2.05, 4.69) is 6.92 Å². The Kier molecular flexibility index (Phi) is 1.37. The molecule has 1 saturated carbocycles. The van der Waals surface area contributed by atoms with Crippen molar-refractivity contribution in [1.29, 1.82) is 0 Å². The van der Waals surface area contributed by atoms with Gasteiger partial charge in [0.1, 0.15) is 5.78 Å². The predicted octanol–water partition coefficient (Wildman–Crippen LogP) is 1.62. The lowest BCUT2D eigenvalue weighted by molar-refractivity contribution is -0.134. The molecule has 0 radical (unpaired) electrons. The van der Waals surface area contributed by atoms with Gasteiger partial charge in [-0.2, -0.15) is 0 Å². The Morgan fingerprint density at radius 2 is 2.38 bits per heavy atom. The van der Waals surface area contributed by atoms with Crippen LogP contribution < -0.4 is 0 Å². The van der Waals surface area contributed by atoms with Crippen LogP contribution in [0.1, 0.15) is 26.7 Å². The van der Waals surface area contributed by atoms with Crippen molar-refractivity contribution in [2.45, 2.75) is 26.7 Å². The number of carbonyl (C=O) groups is 1. The molecule has 0 saturated heterocycles. The van der Waals surface area contributed by atoms with E-state index in [9.17, 15) is 4.79 Å². The zero-order valence-corrected chi connectivity index (χ0v) is 5.48. The Morgan fingerprint density at radius 1 is 1.75 bits per heavy atom. The van der Waals surface area contributed by atoms with Crippen molar-refractivity contribution < 1.29 is 4.79 Å². The van der Waals surface area contributed by atoms with Crippen molar-refractivity contribution in [3.63, 3.8) is 0 Å². The van der Waals surface area contributed by atoms with Gasteiger partial charge in [-0.15, -0.1) is 0 Å². The molecule has 1 aliphatic carbocycles. The summed E-state index contributed by atoms with van der Waals surface area (Å²) in [7, 11) is 0. The maximum Gasteiger partial charge on any atom is 0.138 e. The van der Waals surface area contributed by atoms with E-state index in [1.807, 2.05) is 6.92 Å². The van der Waals surface area contributed by atoms with E-state index >= 15 is 0 Å². The third kappa shape index (κ3) is 0.662. The van der Waals surface area contributed by atoms with Gasteiger partial charge in [0.2, 0.25) is 0 Å². The quantitative estimate of drug-likeness (QED) is 0.503. The van der Waals surface area contributed by atoms with Gasteiger partial charge in [-0.25, -0.2) is 0 Å². The molecule has 8 heavy (non-hydrogen) atoms. The van der Waals surface area contributed by atoms with Gasteiger partial charge < -0.3 is 0 Å². The fourth-order valence-electron chi connectivity index (χ4n) is 1.27. The molecule has 0 aromatic carbocycles. The first-order valence-electron chi connectivity index (χ1n) is 3.29. The molecule has 0 N–H and O–H groups in total. The highest BCUT2D eigenvalue weighted by molar-refractivity contribution is 5.88. The molecule has 46 valence electrons. The second-order valence-corrected chi connectivity index (χ2v) is 2.64. The third-order valence-corrected chi connectivity index (χ3v) is 2.02. The molecule has 1 aliphatic rings. The molecule has 0 heterocycles. The molecule has 1 heteroatoms. The maximum absolute atomic E-state index is 10.8. The summed E-state index contributed by atoms with van der Waals surface area (Å²) in [6, 6.07) is 0. The van der Waals surface area contributed by atoms with E-state index in [4.69, 9.17) is 0 Å². The van der Waals surface area contributed by atoms with Gasteiger partial charge in [-0.1, -0.05) is 13.8 Å². The number of Topliss-reactive ketones (excluding diaryl/α,β-unsaturated/α-hetero) is 1. The van der Waals surface area contributed by atoms with Crippen LogP contribution in [-0.2, 0) is 4.79 Å². The Bertz CT molecular complexity index is 107. The van der Waals surface area contributed by atoms with Crippen LogP contribution in [0.25, 0.3) is 0 Å². The van der Waals surface area contributed by atoms with E-state index < -0.39 is 0 Å². The first kappa shape index (κ1) is 5.80. The van der Waals surface area contributed by atoms with E-state index in [1.165, 1.54) is 0 Å². The lowest BCUT2D eigenvalue weighted by atomic mass is 9.73. The monoisotopic (exact) mass is 112 g/mol. The molecule has 0 spiro atoms. The predicted molar refractivity (Wildman–Crippen MR) is 32.6 cm³/mol. The standard InChI is InChI=1S/C7H12O/c1-3-6-4-5(2)7(6)8/h5-6H,3-4H2,1-2H3. The second-order valence-electron chi connectivity index (χ2n) is 2.64. The Hall–Kier alpha value is -0.330. The van der Waals surface area contributed by atoms with Crippen molar-refractivity contribution in [2.75, 3.05) is 0 Å². The van der Waals surface area contributed by atoms with E-state index in [1.54, 1.807) is 0 Å². The van der Waals surface area contributed by atoms with Crippen molar-refractivity contribution in [3.8, 4) is 0 Å². The smallest absolute Gasteiger partial charge is 0.138 e. The first-order chi connectivity index (χ1) is 3.75. The molecule has 1 fully saturated rings. The molecule has 0 aromatic heterocycles. The number of hydrogen-bond donors (Lipinski definition) is 0. The molecule has 0 bridgehead atoms. The number of carbonyl (C=O) groups excluding carboxylic acids is 1. The van der Waals surface area contributed by atoms with Gasteiger partial charge in [0.15, 0.2) is 0 Å². The Balaban J connectivity index is 2.36. The molecule has 1 rings (SSSR count). The van der Waals surface area contributed by atoms with Crippen molar-refractivity contribution >= 4 is 5.78 Å². The zero-order valence-electron chi connectivity index (χ0n) is 5.48. The van der Waals surface area contributed by atoms with Crippen LogP contribution in [0.3, 0.4) is 0 Å². The molecular formula is C7H12O. The first-order valence-corrected chi connectivity index (χ1v) is 3.29. The molecular weight excluding hydrogens is 100 g/mol. The van der Waals surface area contributed by atoms with Crippen LogP contribution in [-0.4, -0.2) is 5.78 Å². The van der Waals surface area contributed by atoms with Crippen LogP contribution in [0, 0.1) is 11.8 Å². The highest BCUT2D eigenvalue weighted by Crippen LogP contribution is 2.30. The van der Waals surface area contributed by atoms with Crippen molar-refractivity contribution in [2.24, 2.45) is 11.8 Å². The maximum atomic E-state index is 10.8. The number of rotatable bonds is 1. The summed E-state index contributed by atoms with van der Waals surface area (Å²) in [4.78, 5) is 10.8. The highest BCUT2D eigenvalue weighted by atomic mass is 16.1. The van der Waals surface area contributed by atoms with Crippen LogP contribution >= 0.6 is 0 Å². The fraction of sp³-hybridized carbons (Fsp3) is 0.857. The highest BCUT2D eigenvalue weighted by Gasteiger charge is 2.33. The van der Waals surface area contributed by atoms with Gasteiger partial charge in [0.05, 0.1) is 0 Å². The van der Waals surface area contributed by atoms with E-state index in [-0.39, 0.29) is 0 Å². The molecule has 2 atom stereocenters. The third-order valence-electron chi connectivity index (χ3n) is 2.02. The number of hydrogen-bond acceptors (Lipinski definition) is 1. The van der Waals surface area contributed by atoms with Gasteiger partial charge >= 0.3 is 0 Å². The fourth-order valence-corrected chi connectivity index (χ4v) is 1.27. The lowest BCUT2D eigenvalue weighted by Crippen LogP contribution is -2.34. The second kappa shape index (κ2) is 1.88.